The number of hydrogen-bond acceptors (Lipinski definition) is 6. The molecular formula is C20H25N3O4. The van der Waals surface area contributed by atoms with Crippen molar-refractivity contribution in [3.8, 4) is 5.88 Å². The number of hydrogen-bond donors (Lipinski definition) is 0. The van der Waals surface area contributed by atoms with Crippen molar-refractivity contribution >= 4 is 5.91 Å². The smallest absolute Gasteiger partial charge is 0.290 e. The fourth-order valence-electron chi connectivity index (χ4n) is 3.96. The van der Waals surface area contributed by atoms with Crippen LogP contribution in [0.4, 0.5) is 0 Å². The average Bonchev–Trinajstić information content (AvgIpc) is 3.05. The third kappa shape index (κ3) is 3.83. The summed E-state index contributed by atoms with van der Waals surface area (Å²) in [5.41, 5.74) is 1.52. The van der Waals surface area contributed by atoms with Crippen LogP contribution < -0.4 is 4.74 Å². The first-order valence-corrected chi connectivity index (χ1v) is 9.43. The lowest BCUT2D eigenvalue weighted by Crippen LogP contribution is -2.66. The lowest BCUT2D eigenvalue weighted by Gasteiger charge is -2.53. The molecule has 7 nitrogen and oxygen atoms in total. The lowest BCUT2D eigenvalue weighted by atomic mass is 9.79. The fraction of sp³-hybridized carbons (Fsp3) is 0.550. The molecule has 4 heterocycles. The van der Waals surface area contributed by atoms with Crippen molar-refractivity contribution in [3.05, 3.63) is 41.7 Å². The van der Waals surface area contributed by atoms with Crippen LogP contribution in [0.3, 0.4) is 0 Å². The van der Waals surface area contributed by atoms with Crippen LogP contribution in [0.15, 0.2) is 29.1 Å². The molecule has 2 aliphatic rings. The van der Waals surface area contributed by atoms with Crippen LogP contribution in [0.25, 0.3) is 0 Å². The average molecular weight is 371 g/mol. The summed E-state index contributed by atoms with van der Waals surface area (Å²) in [5, 5.41) is 0. The Morgan fingerprint density at radius 1 is 1.37 bits per heavy atom. The van der Waals surface area contributed by atoms with Gasteiger partial charge in [0, 0.05) is 18.4 Å². The third-order valence-corrected chi connectivity index (χ3v) is 5.41. The van der Waals surface area contributed by atoms with E-state index in [2.05, 4.69) is 9.97 Å². The van der Waals surface area contributed by atoms with Crippen molar-refractivity contribution in [1.82, 2.24) is 14.9 Å². The van der Waals surface area contributed by atoms with Gasteiger partial charge in [-0.3, -0.25) is 9.78 Å². The number of furan rings is 1. The maximum atomic E-state index is 12.5. The number of likely N-dealkylation sites (tertiary alicyclic amines) is 1. The van der Waals surface area contributed by atoms with E-state index in [1.165, 1.54) is 0 Å². The van der Waals surface area contributed by atoms with E-state index in [1.54, 1.807) is 18.7 Å². The molecule has 2 fully saturated rings. The molecule has 1 unspecified atom stereocenters. The minimum atomic E-state index is -0.206. The molecule has 1 atom stereocenters. The molecular weight excluding hydrogens is 346 g/mol. The number of aryl methyl sites for hydroxylation is 2. The predicted octanol–water partition coefficient (Wildman–Crippen LogP) is 2.78. The number of carbonyl (C=O) groups excluding carboxylic acids is 1. The zero-order chi connectivity index (χ0) is 18.9. The van der Waals surface area contributed by atoms with E-state index in [-0.39, 0.29) is 11.5 Å². The van der Waals surface area contributed by atoms with E-state index < -0.39 is 0 Å². The molecule has 2 saturated heterocycles. The van der Waals surface area contributed by atoms with Gasteiger partial charge in [-0.15, -0.1) is 0 Å². The van der Waals surface area contributed by atoms with Gasteiger partial charge in [0.05, 0.1) is 37.9 Å². The zero-order valence-corrected chi connectivity index (χ0v) is 15.8. The summed E-state index contributed by atoms with van der Waals surface area (Å²) in [4.78, 5) is 22.7. The van der Waals surface area contributed by atoms with Gasteiger partial charge < -0.3 is 18.8 Å². The first-order chi connectivity index (χ1) is 13.0. The van der Waals surface area contributed by atoms with Gasteiger partial charge in [-0.05, 0) is 45.1 Å². The second kappa shape index (κ2) is 7.31. The normalized spacial score (nSPS) is 21.1. The van der Waals surface area contributed by atoms with Crippen LogP contribution in [0.2, 0.25) is 0 Å². The minimum absolute atomic E-state index is 0.0461. The van der Waals surface area contributed by atoms with Gasteiger partial charge in [0.15, 0.2) is 5.76 Å². The van der Waals surface area contributed by atoms with E-state index in [1.807, 2.05) is 24.8 Å². The minimum Gasteiger partial charge on any atom is -0.477 e. The summed E-state index contributed by atoms with van der Waals surface area (Å²) in [5.74, 6) is 1.49. The fourth-order valence-corrected chi connectivity index (χ4v) is 3.96. The van der Waals surface area contributed by atoms with E-state index >= 15 is 0 Å². The Hall–Kier alpha value is -2.41. The van der Waals surface area contributed by atoms with Gasteiger partial charge >= 0.3 is 0 Å². The first-order valence-electron chi connectivity index (χ1n) is 9.43. The second-order valence-electron chi connectivity index (χ2n) is 7.62. The molecule has 0 bridgehead atoms. The topological polar surface area (TPSA) is 77.7 Å². The van der Waals surface area contributed by atoms with Gasteiger partial charge in [0.2, 0.25) is 5.88 Å². The molecule has 0 radical (unpaired) electrons. The maximum Gasteiger partial charge on any atom is 0.290 e. The lowest BCUT2D eigenvalue weighted by molar-refractivity contribution is -0.167. The summed E-state index contributed by atoms with van der Waals surface area (Å²) < 4.78 is 17.1. The zero-order valence-electron chi connectivity index (χ0n) is 15.8. The van der Waals surface area contributed by atoms with Gasteiger partial charge in [-0.25, -0.2) is 4.98 Å². The van der Waals surface area contributed by atoms with Crippen LogP contribution in [0, 0.1) is 19.8 Å². The van der Waals surface area contributed by atoms with Crippen molar-refractivity contribution in [2.24, 2.45) is 5.92 Å². The highest BCUT2D eigenvalue weighted by Gasteiger charge is 2.49. The summed E-state index contributed by atoms with van der Waals surface area (Å²) >= 11 is 0. The number of ether oxygens (including phenoxy) is 2. The Balaban J connectivity index is 1.26. The molecule has 1 amide bonds. The van der Waals surface area contributed by atoms with Crippen molar-refractivity contribution in [1.29, 1.82) is 0 Å². The standard InChI is InChI=1S/C20H25N3O4/c1-14-3-6-26-18(14)19(24)23-12-20(13-23)9-16(5-8-27-20)4-7-25-17-11-21-10-15(2)22-17/h3,6,10-11,16H,4-5,7-9,12-13H2,1-2H3. The van der Waals surface area contributed by atoms with Gasteiger partial charge in [0.25, 0.3) is 5.91 Å². The number of amides is 1. The first kappa shape index (κ1) is 18.0. The second-order valence-corrected chi connectivity index (χ2v) is 7.62. The molecule has 0 aromatic carbocycles. The highest BCUT2D eigenvalue weighted by atomic mass is 16.5. The number of aromatic nitrogens is 2. The van der Waals surface area contributed by atoms with Gasteiger partial charge in [-0.1, -0.05) is 0 Å². The van der Waals surface area contributed by atoms with Crippen LogP contribution in [-0.4, -0.2) is 52.7 Å². The van der Waals surface area contributed by atoms with Crippen molar-refractivity contribution in [2.45, 2.75) is 38.7 Å². The molecule has 0 N–H and O–H groups in total. The van der Waals surface area contributed by atoms with Crippen LogP contribution >= 0.6 is 0 Å². The van der Waals surface area contributed by atoms with E-state index in [0.29, 0.717) is 37.3 Å². The van der Waals surface area contributed by atoms with E-state index in [9.17, 15) is 4.79 Å². The summed E-state index contributed by atoms with van der Waals surface area (Å²) in [6.07, 6.45) is 7.84. The highest BCUT2D eigenvalue weighted by Crippen LogP contribution is 2.38. The monoisotopic (exact) mass is 371 g/mol. The quantitative estimate of drug-likeness (QED) is 0.804. The molecule has 2 aromatic rings. The Morgan fingerprint density at radius 3 is 2.96 bits per heavy atom. The highest BCUT2D eigenvalue weighted by molar-refractivity contribution is 5.93. The molecule has 27 heavy (non-hydrogen) atoms. The molecule has 2 aromatic heterocycles. The summed E-state index contributed by atoms with van der Waals surface area (Å²) in [6, 6.07) is 1.81. The van der Waals surface area contributed by atoms with Crippen molar-refractivity contribution in [3.63, 3.8) is 0 Å². The summed E-state index contributed by atoms with van der Waals surface area (Å²) in [6.45, 7) is 6.40. The molecule has 2 aliphatic heterocycles. The van der Waals surface area contributed by atoms with Crippen LogP contribution in [0.1, 0.15) is 41.1 Å². The largest absolute Gasteiger partial charge is 0.477 e. The SMILES string of the molecule is Cc1cncc(OCCC2CCOC3(C2)CN(C(=O)c2occc2C)C3)n1. The molecule has 144 valence electrons. The van der Waals surface area contributed by atoms with Crippen molar-refractivity contribution < 1.29 is 18.7 Å². The molecule has 1 spiro atoms. The predicted molar refractivity (Wildman–Crippen MR) is 97.6 cm³/mol. The number of rotatable bonds is 5. The Bertz CT molecular complexity index is 813. The summed E-state index contributed by atoms with van der Waals surface area (Å²) in [7, 11) is 0. The molecule has 7 heteroatoms. The number of carbonyl (C=O) groups is 1. The Labute approximate surface area is 158 Å². The number of nitrogens with zero attached hydrogens (tertiary/aromatic N) is 3. The van der Waals surface area contributed by atoms with E-state index in [0.717, 1.165) is 37.1 Å². The molecule has 4 rings (SSSR count). The Morgan fingerprint density at radius 2 is 2.22 bits per heavy atom. The third-order valence-electron chi connectivity index (χ3n) is 5.41. The Kier molecular flexibility index (Phi) is 4.86. The van der Waals surface area contributed by atoms with Crippen LogP contribution in [0.5, 0.6) is 5.88 Å². The van der Waals surface area contributed by atoms with Gasteiger partial charge in [0.1, 0.15) is 5.60 Å². The molecule has 0 saturated carbocycles. The maximum absolute atomic E-state index is 12.5. The van der Waals surface area contributed by atoms with Gasteiger partial charge in [-0.2, -0.15) is 0 Å². The van der Waals surface area contributed by atoms with E-state index in [4.69, 9.17) is 13.9 Å². The van der Waals surface area contributed by atoms with Crippen molar-refractivity contribution in [2.75, 3.05) is 26.3 Å². The van der Waals surface area contributed by atoms with Crippen LogP contribution in [-0.2, 0) is 4.74 Å². The molecule has 0 aliphatic carbocycles.